The normalized spacial score (nSPS) is 25.7. The highest BCUT2D eigenvalue weighted by molar-refractivity contribution is 5.38. The minimum absolute atomic E-state index is 0.0126. The van der Waals surface area contributed by atoms with Crippen LogP contribution in [0.2, 0.25) is 0 Å². The minimum Gasteiger partial charge on any atom is -0.393 e. The van der Waals surface area contributed by atoms with Gasteiger partial charge in [0, 0.05) is 5.41 Å². The van der Waals surface area contributed by atoms with Gasteiger partial charge in [0.1, 0.15) is 0 Å². The van der Waals surface area contributed by atoms with Gasteiger partial charge in [-0.05, 0) is 57.1 Å². The van der Waals surface area contributed by atoms with Crippen molar-refractivity contribution in [3.05, 3.63) is 82.5 Å². The number of hydrogen-bond acceptors (Lipinski definition) is 3. The lowest BCUT2D eigenvalue weighted by Crippen LogP contribution is -2.38. The molecule has 182 valence electrons. The quantitative estimate of drug-likeness (QED) is 0.409. The van der Waals surface area contributed by atoms with Crippen LogP contribution in [-0.4, -0.2) is 30.7 Å². The predicted molar refractivity (Wildman–Crippen MR) is 140 cm³/mol. The first-order valence-corrected chi connectivity index (χ1v) is 12.1. The molecule has 1 saturated heterocycles. The van der Waals surface area contributed by atoms with E-state index in [0.29, 0.717) is 0 Å². The van der Waals surface area contributed by atoms with E-state index in [1.165, 1.54) is 22.3 Å². The molecule has 3 heteroatoms. The monoisotopic (exact) mass is 452 g/mol. The fraction of sp³-hybridized carbons (Fsp3) is 0.533. The second-order valence-electron chi connectivity index (χ2n) is 11.1. The zero-order valence-electron chi connectivity index (χ0n) is 21.9. The Labute approximate surface area is 202 Å². The van der Waals surface area contributed by atoms with Crippen molar-refractivity contribution in [2.75, 3.05) is 13.2 Å². The number of allylic oxidation sites excluding steroid dienone is 12. The smallest absolute Gasteiger partial charge is 0.179 e. The Bertz CT molecular complexity index is 878. The van der Waals surface area contributed by atoms with Crippen LogP contribution in [0.15, 0.2) is 82.5 Å². The maximum absolute atomic E-state index is 10.1. The van der Waals surface area contributed by atoms with Crippen molar-refractivity contribution in [2.24, 2.45) is 10.8 Å². The number of rotatable bonds is 7. The van der Waals surface area contributed by atoms with Gasteiger partial charge in [-0.25, -0.2) is 0 Å². The van der Waals surface area contributed by atoms with Gasteiger partial charge in [-0.2, -0.15) is 0 Å². The summed E-state index contributed by atoms with van der Waals surface area (Å²) in [5.74, 6) is 0. The summed E-state index contributed by atoms with van der Waals surface area (Å²) in [6.07, 6.45) is 20.1. The summed E-state index contributed by atoms with van der Waals surface area (Å²) in [4.78, 5) is 0. The summed E-state index contributed by atoms with van der Waals surface area (Å²) in [6, 6.07) is 0. The Morgan fingerprint density at radius 3 is 2.09 bits per heavy atom. The van der Waals surface area contributed by atoms with Crippen LogP contribution in [0.3, 0.4) is 0 Å². The van der Waals surface area contributed by atoms with E-state index in [1.807, 2.05) is 25.2 Å². The molecule has 0 aromatic heterocycles. The zero-order valence-corrected chi connectivity index (χ0v) is 21.9. The van der Waals surface area contributed by atoms with Crippen molar-refractivity contribution in [1.82, 2.24) is 0 Å². The maximum Gasteiger partial charge on any atom is 0.179 e. The molecular formula is C30H44O3. The SMILES string of the molecule is CC1=C(/C=C/C(C)=C/C=C/C(C)=C/C=C/C=C(\C)C2OCC(C)(C)CO2)C(C)(C)C[C@H](O)C1. The van der Waals surface area contributed by atoms with Crippen LogP contribution in [0.4, 0.5) is 0 Å². The lowest BCUT2D eigenvalue weighted by molar-refractivity contribution is -0.202. The first kappa shape index (κ1) is 27.3. The van der Waals surface area contributed by atoms with E-state index < -0.39 is 0 Å². The molecule has 0 aromatic rings. The van der Waals surface area contributed by atoms with Crippen LogP contribution in [0, 0.1) is 10.8 Å². The van der Waals surface area contributed by atoms with E-state index in [2.05, 4.69) is 84.9 Å². The molecule has 1 heterocycles. The summed E-state index contributed by atoms with van der Waals surface area (Å²) >= 11 is 0. The van der Waals surface area contributed by atoms with Crippen LogP contribution in [0.25, 0.3) is 0 Å². The zero-order chi connectivity index (χ0) is 24.6. The van der Waals surface area contributed by atoms with Crippen molar-refractivity contribution in [3.8, 4) is 0 Å². The fourth-order valence-electron chi connectivity index (χ4n) is 4.31. The standard InChI is InChI=1S/C30H44O3/c1-22(12-9-10-15-24(3)28-32-20-29(5,6)21-33-28)13-11-14-23(2)16-17-27-25(4)18-26(31)19-30(27,7)8/h9-17,26,28,31H,18-21H2,1-8H3/b10-9+,13-11+,17-16+,22-12+,23-14+,24-15+/t26-/m1/s1. The fourth-order valence-corrected chi connectivity index (χ4v) is 4.31. The predicted octanol–water partition coefficient (Wildman–Crippen LogP) is 7.39. The van der Waals surface area contributed by atoms with Crippen LogP contribution in [0.5, 0.6) is 0 Å². The average molecular weight is 453 g/mol. The highest BCUT2D eigenvalue weighted by atomic mass is 16.7. The van der Waals surface area contributed by atoms with Gasteiger partial charge in [0.15, 0.2) is 6.29 Å². The summed E-state index contributed by atoms with van der Waals surface area (Å²) in [6.45, 7) is 18.6. The van der Waals surface area contributed by atoms with E-state index in [0.717, 1.165) is 31.6 Å². The maximum atomic E-state index is 10.1. The molecule has 0 saturated carbocycles. The van der Waals surface area contributed by atoms with E-state index >= 15 is 0 Å². The molecule has 0 spiro atoms. The second kappa shape index (κ2) is 12.0. The summed E-state index contributed by atoms with van der Waals surface area (Å²) in [5, 5.41) is 10.1. The molecule has 0 aromatic carbocycles. The molecule has 1 atom stereocenters. The van der Waals surface area contributed by atoms with Gasteiger partial charge >= 0.3 is 0 Å². The highest BCUT2D eigenvalue weighted by Crippen LogP contribution is 2.41. The number of aliphatic hydroxyl groups is 1. The molecule has 2 rings (SSSR count). The van der Waals surface area contributed by atoms with E-state index in [4.69, 9.17) is 9.47 Å². The molecule has 1 N–H and O–H groups in total. The Morgan fingerprint density at radius 1 is 0.879 bits per heavy atom. The van der Waals surface area contributed by atoms with Gasteiger partial charge in [0.05, 0.1) is 19.3 Å². The number of ether oxygens (including phenoxy) is 2. The molecule has 0 bridgehead atoms. The third-order valence-electron chi connectivity index (χ3n) is 6.16. The summed E-state index contributed by atoms with van der Waals surface area (Å²) in [5.41, 5.74) is 6.20. The highest BCUT2D eigenvalue weighted by Gasteiger charge is 2.31. The molecule has 2 aliphatic rings. The van der Waals surface area contributed by atoms with Gasteiger partial charge in [-0.15, -0.1) is 0 Å². The van der Waals surface area contributed by atoms with Crippen molar-refractivity contribution >= 4 is 0 Å². The van der Waals surface area contributed by atoms with E-state index in [1.54, 1.807) is 0 Å². The third-order valence-corrected chi connectivity index (χ3v) is 6.16. The molecule has 3 nitrogen and oxygen atoms in total. The Balaban J connectivity index is 1.89. The Morgan fingerprint density at radius 2 is 1.45 bits per heavy atom. The molecule has 0 amide bonds. The molecule has 1 fully saturated rings. The van der Waals surface area contributed by atoms with E-state index in [9.17, 15) is 5.11 Å². The van der Waals surface area contributed by atoms with Crippen LogP contribution in [-0.2, 0) is 9.47 Å². The minimum atomic E-state index is -0.238. The van der Waals surface area contributed by atoms with Gasteiger partial charge in [-0.3, -0.25) is 0 Å². The summed E-state index contributed by atoms with van der Waals surface area (Å²) < 4.78 is 11.6. The van der Waals surface area contributed by atoms with Crippen molar-refractivity contribution in [3.63, 3.8) is 0 Å². The van der Waals surface area contributed by atoms with Gasteiger partial charge < -0.3 is 14.6 Å². The van der Waals surface area contributed by atoms with Crippen molar-refractivity contribution in [2.45, 2.75) is 80.6 Å². The molecule has 33 heavy (non-hydrogen) atoms. The van der Waals surface area contributed by atoms with Gasteiger partial charge in [0.25, 0.3) is 0 Å². The third kappa shape index (κ3) is 9.08. The Kier molecular flexibility index (Phi) is 9.90. The molecule has 0 radical (unpaired) electrons. The number of aliphatic hydroxyl groups excluding tert-OH is 1. The van der Waals surface area contributed by atoms with Gasteiger partial charge in [-0.1, -0.05) is 99.1 Å². The average Bonchev–Trinajstić information content (AvgIpc) is 2.69. The van der Waals surface area contributed by atoms with Crippen LogP contribution >= 0.6 is 0 Å². The van der Waals surface area contributed by atoms with Crippen molar-refractivity contribution < 1.29 is 14.6 Å². The van der Waals surface area contributed by atoms with Crippen molar-refractivity contribution in [1.29, 1.82) is 0 Å². The van der Waals surface area contributed by atoms with Gasteiger partial charge in [0.2, 0.25) is 0 Å². The first-order valence-electron chi connectivity index (χ1n) is 12.1. The lowest BCUT2D eigenvalue weighted by Gasteiger charge is -2.35. The lowest BCUT2D eigenvalue weighted by atomic mass is 9.71. The molecule has 0 unspecified atom stereocenters. The second-order valence-corrected chi connectivity index (χ2v) is 11.1. The van der Waals surface area contributed by atoms with Crippen LogP contribution in [0.1, 0.15) is 68.2 Å². The van der Waals surface area contributed by atoms with E-state index in [-0.39, 0.29) is 23.2 Å². The summed E-state index contributed by atoms with van der Waals surface area (Å²) in [7, 11) is 0. The molecule has 1 aliphatic carbocycles. The Hall–Kier alpha value is -1.94. The molecule has 1 aliphatic heterocycles. The largest absolute Gasteiger partial charge is 0.393 e. The first-order chi connectivity index (χ1) is 15.4. The molecular weight excluding hydrogens is 408 g/mol. The topological polar surface area (TPSA) is 38.7 Å². The number of hydrogen-bond donors (Lipinski definition) is 1. The van der Waals surface area contributed by atoms with Crippen LogP contribution < -0.4 is 0 Å².